The summed E-state index contributed by atoms with van der Waals surface area (Å²) < 4.78 is 52.3. The Labute approximate surface area is 370 Å². The number of fused-ring (bicyclic) bond motifs is 1. The van der Waals surface area contributed by atoms with E-state index in [1.54, 1.807) is 32.6 Å². The van der Waals surface area contributed by atoms with E-state index in [2.05, 4.69) is 16.0 Å². The minimum Gasteiger partial charge on any atom is -0.491 e. The second-order valence-electron chi connectivity index (χ2n) is 16.9. The molecule has 1 saturated carbocycles. The van der Waals surface area contributed by atoms with E-state index in [0.717, 1.165) is 44.2 Å². The molecule has 2 aliphatic rings. The number of hydrogen-bond donors (Lipinski definition) is 3. The van der Waals surface area contributed by atoms with Crippen LogP contribution in [0.15, 0.2) is 36.4 Å². The zero-order valence-corrected chi connectivity index (χ0v) is 37.0. The number of carbonyl (C=O) groups is 5. The number of nitrogens with zero attached hydrogens (tertiary/aromatic N) is 4. The summed E-state index contributed by atoms with van der Waals surface area (Å²) in [6, 6.07) is 6.68. The van der Waals surface area contributed by atoms with Crippen molar-refractivity contribution in [3.63, 3.8) is 0 Å². The maximum atomic E-state index is 14.6. The molecule has 0 bridgehead atoms. The number of nitrogens with one attached hydrogen (secondary N) is 3. The molecule has 0 unspecified atom stereocenters. The summed E-state index contributed by atoms with van der Waals surface area (Å²) in [4.78, 5) is 81.1. The summed E-state index contributed by atoms with van der Waals surface area (Å²) in [6.07, 6.45) is 3.75. The van der Waals surface area contributed by atoms with Gasteiger partial charge in [0.15, 0.2) is 11.6 Å². The molecule has 1 aliphatic carbocycles. The van der Waals surface area contributed by atoms with Gasteiger partial charge in [0, 0.05) is 69.9 Å². The number of rotatable bonds is 19. The molecule has 3 aromatic rings. The van der Waals surface area contributed by atoms with E-state index >= 15 is 0 Å². The van der Waals surface area contributed by atoms with Crippen LogP contribution in [0, 0.1) is 33.6 Å². The van der Waals surface area contributed by atoms with Crippen LogP contribution < -0.4 is 20.7 Å². The number of ether oxygens (including phenoxy) is 4. The van der Waals surface area contributed by atoms with Gasteiger partial charge < -0.3 is 49.3 Å². The molecule has 1 aliphatic heterocycles. The fourth-order valence-electron chi connectivity index (χ4n) is 7.70. The van der Waals surface area contributed by atoms with Gasteiger partial charge in [0.1, 0.15) is 29.7 Å². The van der Waals surface area contributed by atoms with Gasteiger partial charge in [0.25, 0.3) is 17.5 Å². The molecule has 1 aromatic heterocycles. The first-order chi connectivity index (χ1) is 30.4. The highest BCUT2D eigenvalue weighted by molar-refractivity contribution is 6.16. The fraction of sp³-hybridized carbons (Fsp3) is 0.568. The minimum absolute atomic E-state index is 0.0119. The number of non-ortho nitro benzene ring substituents is 1. The van der Waals surface area contributed by atoms with Crippen LogP contribution in [-0.2, 0) is 30.8 Å². The third-order valence-corrected chi connectivity index (χ3v) is 11.1. The SMILES string of the molecule is C[C@@H](CNC(=O)OC(C)(C)C)C(=O)N[C@H](C(=O)N1CCN(C(=O)c2c(C(=O)NCCOCCOCCOc3ccc([N+](=O)[O-])cc3)c3cc(F)c(F)cc3n2C)CC1)C1CCCCC1. The molecule has 2 heterocycles. The van der Waals surface area contributed by atoms with Gasteiger partial charge in [-0.1, -0.05) is 26.2 Å². The number of carbonyl (C=O) groups excluding carboxylic acids is 5. The highest BCUT2D eigenvalue weighted by atomic mass is 19.2. The van der Waals surface area contributed by atoms with E-state index in [-0.39, 0.29) is 118 Å². The molecule has 20 heteroatoms. The van der Waals surface area contributed by atoms with Crippen molar-refractivity contribution in [3.8, 4) is 5.75 Å². The molecule has 350 valence electrons. The van der Waals surface area contributed by atoms with Crippen molar-refractivity contribution in [2.45, 2.75) is 71.4 Å². The molecule has 3 N–H and O–H groups in total. The molecule has 64 heavy (non-hydrogen) atoms. The Morgan fingerprint density at radius 2 is 1.47 bits per heavy atom. The van der Waals surface area contributed by atoms with E-state index in [9.17, 15) is 42.9 Å². The number of aryl methyl sites for hydroxylation is 1. The Hall–Kier alpha value is -5.89. The second-order valence-corrected chi connectivity index (χ2v) is 16.9. The second kappa shape index (κ2) is 22.6. The number of piperazine rings is 1. The maximum absolute atomic E-state index is 14.6. The molecule has 18 nitrogen and oxygen atoms in total. The zero-order valence-electron chi connectivity index (χ0n) is 37.0. The van der Waals surface area contributed by atoms with Crippen LogP contribution in [0.4, 0.5) is 19.3 Å². The lowest BCUT2D eigenvalue weighted by molar-refractivity contribution is -0.384. The van der Waals surface area contributed by atoms with Gasteiger partial charge in [-0.05, 0) is 57.7 Å². The van der Waals surface area contributed by atoms with E-state index in [1.807, 2.05) is 0 Å². The van der Waals surface area contributed by atoms with Crippen LogP contribution in [-0.4, -0.2) is 133 Å². The molecule has 5 rings (SSSR count). The van der Waals surface area contributed by atoms with Gasteiger partial charge >= 0.3 is 6.09 Å². The Balaban J connectivity index is 1.15. The summed E-state index contributed by atoms with van der Waals surface area (Å²) in [6.45, 7) is 8.28. The number of nitro benzene ring substituents is 1. The van der Waals surface area contributed by atoms with Crippen LogP contribution in [0.3, 0.4) is 0 Å². The lowest BCUT2D eigenvalue weighted by atomic mass is 9.83. The Bertz CT molecular complexity index is 2130. The van der Waals surface area contributed by atoms with Crippen LogP contribution in [0.1, 0.15) is 80.6 Å². The average molecular weight is 900 g/mol. The number of amides is 5. The summed E-state index contributed by atoms with van der Waals surface area (Å²) in [5.74, 6) is -4.52. The molecule has 0 radical (unpaired) electrons. The molecule has 2 fully saturated rings. The Morgan fingerprint density at radius 3 is 2.11 bits per heavy atom. The van der Waals surface area contributed by atoms with Gasteiger partial charge in [-0.25, -0.2) is 13.6 Å². The number of benzene rings is 2. The molecule has 1 saturated heterocycles. The normalized spacial score (nSPS) is 15.6. The van der Waals surface area contributed by atoms with E-state index < -0.39 is 52.0 Å². The van der Waals surface area contributed by atoms with Crippen LogP contribution >= 0.6 is 0 Å². The van der Waals surface area contributed by atoms with Crippen molar-refractivity contribution in [1.82, 2.24) is 30.3 Å². The smallest absolute Gasteiger partial charge is 0.407 e. The summed E-state index contributed by atoms with van der Waals surface area (Å²) >= 11 is 0. The standard InChI is InChI=1S/C44H59F2N7O11/c1-28(27-48-43(58)64-44(2,3)4)39(54)49-37(29-9-7-6-8-10-29)41(56)51-16-18-52(19-17-51)42(57)38-36(32-25-33(45)34(46)26-35(32)50(38)5)40(55)47-15-20-61-21-22-62-23-24-63-31-13-11-30(12-14-31)53(59)60/h11-14,25-26,28-29,37H,6-10,15-24,27H2,1-5H3,(H,47,55)(H,48,58)(H,49,54)/t28-,37-/m0/s1. The topological polar surface area (TPSA) is 213 Å². The van der Waals surface area contributed by atoms with Gasteiger partial charge in [-0.2, -0.15) is 0 Å². The number of hydrogen-bond acceptors (Lipinski definition) is 11. The molecule has 2 aromatic carbocycles. The molecule has 2 atom stereocenters. The lowest BCUT2D eigenvalue weighted by Crippen LogP contribution is -2.58. The monoisotopic (exact) mass is 899 g/mol. The van der Waals surface area contributed by atoms with Crippen LogP contribution in [0.25, 0.3) is 10.9 Å². The van der Waals surface area contributed by atoms with E-state index in [4.69, 9.17) is 18.9 Å². The van der Waals surface area contributed by atoms with Crippen molar-refractivity contribution < 1.29 is 56.6 Å². The first-order valence-corrected chi connectivity index (χ1v) is 21.6. The molecule has 0 spiro atoms. The van der Waals surface area contributed by atoms with E-state index in [1.165, 1.54) is 40.8 Å². The lowest BCUT2D eigenvalue weighted by Gasteiger charge is -2.39. The number of nitro groups is 1. The van der Waals surface area contributed by atoms with Gasteiger partial charge in [-0.15, -0.1) is 0 Å². The van der Waals surface area contributed by atoms with Crippen molar-refractivity contribution in [2.24, 2.45) is 18.9 Å². The van der Waals surface area contributed by atoms with Gasteiger partial charge in [0.2, 0.25) is 11.8 Å². The van der Waals surface area contributed by atoms with Gasteiger partial charge in [0.05, 0.1) is 48.3 Å². The first kappa shape index (κ1) is 49.1. The van der Waals surface area contributed by atoms with Crippen LogP contribution in [0.2, 0.25) is 0 Å². The maximum Gasteiger partial charge on any atom is 0.407 e. The predicted octanol–water partition coefficient (Wildman–Crippen LogP) is 4.72. The Morgan fingerprint density at radius 1 is 0.859 bits per heavy atom. The highest BCUT2D eigenvalue weighted by Gasteiger charge is 2.38. The van der Waals surface area contributed by atoms with Crippen LogP contribution in [0.5, 0.6) is 5.75 Å². The number of aromatic nitrogens is 1. The molecular formula is C44H59F2N7O11. The minimum atomic E-state index is -1.19. The largest absolute Gasteiger partial charge is 0.491 e. The Kier molecular flexibility index (Phi) is 17.4. The van der Waals surface area contributed by atoms with Gasteiger partial charge in [-0.3, -0.25) is 29.3 Å². The fourth-order valence-corrected chi connectivity index (χ4v) is 7.70. The van der Waals surface area contributed by atoms with Crippen molar-refractivity contribution in [2.75, 3.05) is 72.3 Å². The number of halogens is 2. The third-order valence-electron chi connectivity index (χ3n) is 11.1. The van der Waals surface area contributed by atoms with Crippen molar-refractivity contribution in [3.05, 3.63) is 69.4 Å². The summed E-state index contributed by atoms with van der Waals surface area (Å²) in [7, 11) is 1.49. The third kappa shape index (κ3) is 13.3. The molecular weight excluding hydrogens is 841 g/mol. The average Bonchev–Trinajstić information content (AvgIpc) is 3.54. The molecule has 5 amide bonds. The van der Waals surface area contributed by atoms with Crippen molar-refractivity contribution >= 4 is 46.3 Å². The quantitative estimate of drug-likeness (QED) is 0.0851. The van der Waals surface area contributed by atoms with E-state index in [0.29, 0.717) is 5.75 Å². The summed E-state index contributed by atoms with van der Waals surface area (Å²) in [5.41, 5.74) is -0.828. The first-order valence-electron chi connectivity index (χ1n) is 21.6. The number of alkyl carbamates (subject to hydrolysis) is 1. The summed E-state index contributed by atoms with van der Waals surface area (Å²) in [5, 5.41) is 19.1. The predicted molar refractivity (Wildman–Crippen MR) is 230 cm³/mol. The highest BCUT2D eigenvalue weighted by Crippen LogP contribution is 2.31. The zero-order chi connectivity index (χ0) is 46.6. The van der Waals surface area contributed by atoms with Crippen molar-refractivity contribution in [1.29, 1.82) is 0 Å².